The average molecular weight is 301 g/mol. The van der Waals surface area contributed by atoms with Crippen LogP contribution in [0.2, 0.25) is 0 Å². The Kier molecular flexibility index (Phi) is 5.20. The summed E-state index contributed by atoms with van der Waals surface area (Å²) in [7, 11) is -4.74. The molecule has 19 heavy (non-hydrogen) atoms. The molecule has 0 radical (unpaired) electrons. The number of nitrogens with one attached hydrogen (secondary N) is 1. The second kappa shape index (κ2) is 6.09. The van der Waals surface area contributed by atoms with E-state index in [0.29, 0.717) is 0 Å². The first-order valence-corrected chi connectivity index (χ1v) is 6.57. The molecule has 0 aromatic carbocycles. The summed E-state index contributed by atoms with van der Waals surface area (Å²) < 4.78 is 37.9. The quantitative estimate of drug-likeness (QED) is 0.335. The Morgan fingerprint density at radius 3 is 2.37 bits per heavy atom. The lowest BCUT2D eigenvalue weighted by molar-refractivity contribution is -0.252. The zero-order valence-electron chi connectivity index (χ0n) is 9.83. The number of carbonyl (C=O) groups excluding carboxylic acids is 1. The number of rotatable bonds is 4. The normalized spacial score (nSPS) is 35.9. The molecule has 1 aliphatic heterocycles. The zero-order valence-corrected chi connectivity index (χ0v) is 10.6. The predicted molar refractivity (Wildman–Crippen MR) is 58.0 cm³/mol. The second-order valence-corrected chi connectivity index (χ2v) is 5.08. The largest absolute Gasteiger partial charge is 0.397 e. The van der Waals surface area contributed by atoms with Crippen molar-refractivity contribution < 1.29 is 42.0 Å². The molecule has 0 saturated carbocycles. The fourth-order valence-electron chi connectivity index (χ4n) is 1.63. The highest BCUT2D eigenvalue weighted by Crippen LogP contribution is 2.20. The van der Waals surface area contributed by atoms with Crippen LogP contribution < -0.4 is 5.32 Å². The molecule has 1 amide bonds. The van der Waals surface area contributed by atoms with Gasteiger partial charge >= 0.3 is 10.4 Å². The van der Waals surface area contributed by atoms with Gasteiger partial charge in [-0.15, -0.1) is 0 Å². The molecule has 2 unspecified atom stereocenters. The summed E-state index contributed by atoms with van der Waals surface area (Å²) in [5.74, 6) is -0.563. The first kappa shape index (κ1) is 16.2. The van der Waals surface area contributed by atoms with E-state index < -0.39 is 53.6 Å². The van der Waals surface area contributed by atoms with E-state index in [4.69, 9.17) is 9.29 Å². The minimum Gasteiger partial charge on any atom is -0.388 e. The molecule has 1 rings (SSSR count). The maximum Gasteiger partial charge on any atom is 0.397 e. The van der Waals surface area contributed by atoms with Crippen molar-refractivity contribution in [2.24, 2.45) is 0 Å². The van der Waals surface area contributed by atoms with Crippen molar-refractivity contribution in [3.8, 4) is 0 Å². The first-order valence-electron chi connectivity index (χ1n) is 5.20. The van der Waals surface area contributed by atoms with Crippen LogP contribution in [0.4, 0.5) is 0 Å². The van der Waals surface area contributed by atoms with Crippen LogP contribution in [0.1, 0.15) is 6.92 Å². The second-order valence-electron chi connectivity index (χ2n) is 3.98. The molecule has 11 heteroatoms. The minimum absolute atomic E-state index is 0.563. The Labute approximate surface area is 108 Å². The molecule has 5 atom stereocenters. The van der Waals surface area contributed by atoms with E-state index in [9.17, 15) is 28.5 Å². The van der Waals surface area contributed by atoms with Crippen LogP contribution in [0.15, 0.2) is 0 Å². The molecule has 10 nitrogen and oxygen atoms in total. The molecule has 1 fully saturated rings. The molecule has 1 saturated heterocycles. The highest BCUT2D eigenvalue weighted by Gasteiger charge is 2.44. The van der Waals surface area contributed by atoms with Crippen LogP contribution in [0, 0.1) is 0 Å². The SMILES string of the molecule is CC(=O)N[C@@H]1C(O)OC(COS(=O)(=O)O)[C@H](O)[C@@H]1O. The maximum absolute atomic E-state index is 10.8. The third kappa shape index (κ3) is 4.65. The topological polar surface area (TPSA) is 163 Å². The van der Waals surface area contributed by atoms with E-state index in [1.807, 2.05) is 0 Å². The van der Waals surface area contributed by atoms with Gasteiger partial charge in [0.15, 0.2) is 6.29 Å². The van der Waals surface area contributed by atoms with Gasteiger partial charge in [-0.05, 0) is 0 Å². The maximum atomic E-state index is 10.8. The monoisotopic (exact) mass is 301 g/mol. The Bertz CT molecular complexity index is 424. The lowest BCUT2D eigenvalue weighted by atomic mass is 9.97. The fraction of sp³-hybridized carbons (Fsp3) is 0.875. The molecular weight excluding hydrogens is 286 g/mol. The Morgan fingerprint density at radius 1 is 1.32 bits per heavy atom. The van der Waals surface area contributed by atoms with E-state index in [-0.39, 0.29) is 0 Å². The number of carbonyl (C=O) groups is 1. The summed E-state index contributed by atoms with van der Waals surface area (Å²) in [4.78, 5) is 10.8. The van der Waals surface area contributed by atoms with E-state index in [0.717, 1.165) is 6.92 Å². The van der Waals surface area contributed by atoms with Crippen LogP contribution in [-0.4, -0.2) is 71.4 Å². The lowest BCUT2D eigenvalue weighted by Gasteiger charge is -2.40. The van der Waals surface area contributed by atoms with E-state index in [1.165, 1.54) is 0 Å². The van der Waals surface area contributed by atoms with Gasteiger partial charge in [0, 0.05) is 6.92 Å². The molecule has 0 aromatic rings. The number of aliphatic hydroxyl groups excluding tert-OH is 3. The molecule has 0 bridgehead atoms. The molecule has 112 valence electrons. The Hall–Kier alpha value is -0.820. The first-order chi connectivity index (χ1) is 8.61. The number of hydrogen-bond acceptors (Lipinski definition) is 8. The van der Waals surface area contributed by atoms with Crippen LogP contribution >= 0.6 is 0 Å². The summed E-state index contributed by atoms with van der Waals surface area (Å²) in [6.07, 6.45) is -6.28. The molecule has 1 aliphatic rings. The van der Waals surface area contributed by atoms with E-state index in [2.05, 4.69) is 9.50 Å². The zero-order chi connectivity index (χ0) is 14.8. The number of aliphatic hydroxyl groups is 3. The smallest absolute Gasteiger partial charge is 0.388 e. The highest BCUT2D eigenvalue weighted by molar-refractivity contribution is 7.80. The van der Waals surface area contributed by atoms with Crippen LogP contribution in [0.3, 0.4) is 0 Å². The van der Waals surface area contributed by atoms with Crippen molar-refractivity contribution in [2.75, 3.05) is 6.61 Å². The van der Waals surface area contributed by atoms with Crippen molar-refractivity contribution >= 4 is 16.3 Å². The molecule has 0 aromatic heterocycles. The average Bonchev–Trinajstić information content (AvgIpc) is 2.26. The van der Waals surface area contributed by atoms with Gasteiger partial charge in [0.25, 0.3) is 0 Å². The minimum atomic E-state index is -4.74. The van der Waals surface area contributed by atoms with E-state index >= 15 is 0 Å². The molecule has 5 N–H and O–H groups in total. The summed E-state index contributed by atoms with van der Waals surface area (Å²) in [5, 5.41) is 31.0. The van der Waals surface area contributed by atoms with E-state index in [1.54, 1.807) is 0 Å². The number of amides is 1. The van der Waals surface area contributed by atoms with Gasteiger partial charge in [-0.25, -0.2) is 4.18 Å². The summed E-state index contributed by atoms with van der Waals surface area (Å²) in [6, 6.07) is -1.27. The van der Waals surface area contributed by atoms with Crippen LogP contribution in [0.25, 0.3) is 0 Å². The van der Waals surface area contributed by atoms with Gasteiger partial charge in [0.2, 0.25) is 5.91 Å². The standard InChI is InChI=1S/C8H15NO9S/c1-3(10)9-5-7(12)6(11)4(18-8(5)13)2-17-19(14,15)16/h4-8,11-13H,2H2,1H3,(H,9,10)(H,14,15,16)/t4?,5-,6-,7+,8?/m0/s1. The lowest BCUT2D eigenvalue weighted by Crippen LogP contribution is -2.64. The van der Waals surface area contributed by atoms with Gasteiger partial charge in [0.1, 0.15) is 24.4 Å². The number of ether oxygens (including phenoxy) is 1. The summed E-state index contributed by atoms with van der Waals surface area (Å²) in [5.41, 5.74) is 0. The highest BCUT2D eigenvalue weighted by atomic mass is 32.3. The van der Waals surface area contributed by atoms with Gasteiger partial charge in [-0.3, -0.25) is 9.35 Å². The molecule has 1 heterocycles. The van der Waals surface area contributed by atoms with Gasteiger partial charge in [0.05, 0.1) is 6.61 Å². The molecule has 0 aliphatic carbocycles. The third-order valence-electron chi connectivity index (χ3n) is 2.47. The van der Waals surface area contributed by atoms with Crippen molar-refractivity contribution in [1.82, 2.24) is 5.32 Å². The van der Waals surface area contributed by atoms with Crippen molar-refractivity contribution in [3.63, 3.8) is 0 Å². The third-order valence-corrected chi connectivity index (χ3v) is 2.91. The Balaban J connectivity index is 2.69. The number of hydrogen-bond donors (Lipinski definition) is 5. The van der Waals surface area contributed by atoms with Crippen LogP contribution in [-0.2, 0) is 24.1 Å². The molecular formula is C8H15NO9S. The summed E-state index contributed by atoms with van der Waals surface area (Å²) >= 11 is 0. The predicted octanol–water partition coefficient (Wildman–Crippen LogP) is -3.25. The fourth-order valence-corrected chi connectivity index (χ4v) is 1.93. The van der Waals surface area contributed by atoms with Gasteiger partial charge < -0.3 is 25.4 Å². The molecule has 0 spiro atoms. The van der Waals surface area contributed by atoms with Gasteiger partial charge in [-0.1, -0.05) is 0 Å². The van der Waals surface area contributed by atoms with Crippen molar-refractivity contribution in [1.29, 1.82) is 0 Å². The van der Waals surface area contributed by atoms with Crippen LogP contribution in [0.5, 0.6) is 0 Å². The van der Waals surface area contributed by atoms with Gasteiger partial charge in [-0.2, -0.15) is 8.42 Å². The van der Waals surface area contributed by atoms with Crippen molar-refractivity contribution in [3.05, 3.63) is 0 Å². The Morgan fingerprint density at radius 2 is 1.89 bits per heavy atom. The van der Waals surface area contributed by atoms with Crippen molar-refractivity contribution in [2.45, 2.75) is 37.6 Å². The summed E-state index contributed by atoms with van der Waals surface area (Å²) in [6.45, 7) is 0.334.